The van der Waals surface area contributed by atoms with Crippen LogP contribution in [0, 0.1) is 5.82 Å². The Kier molecular flexibility index (Phi) is 6.78. The number of nitrogens with zero attached hydrogens (tertiary/aromatic N) is 1. The summed E-state index contributed by atoms with van der Waals surface area (Å²) in [5.74, 6) is -2.06. The first-order chi connectivity index (χ1) is 17.1. The molecular formula is C26H21F4N3O3. The Morgan fingerprint density at radius 2 is 1.56 bits per heavy atom. The molecule has 2 N–H and O–H groups in total. The Balaban J connectivity index is 1.55. The Bertz CT molecular complexity index is 1340. The van der Waals surface area contributed by atoms with Crippen molar-refractivity contribution in [2.75, 3.05) is 22.1 Å². The molecule has 1 aliphatic rings. The molecule has 0 aromatic heterocycles. The fourth-order valence-electron chi connectivity index (χ4n) is 3.96. The number of fused-ring (bicyclic) bond motifs is 1. The van der Waals surface area contributed by atoms with Crippen molar-refractivity contribution in [2.24, 2.45) is 0 Å². The van der Waals surface area contributed by atoms with Crippen LogP contribution >= 0.6 is 0 Å². The lowest BCUT2D eigenvalue weighted by molar-refractivity contribution is -0.136. The first-order valence-corrected chi connectivity index (χ1v) is 11.1. The number of alkyl halides is 3. The standard InChI is InChI=1S/C26H21F4N3O3/c1-2-23(34)33-12-11-16-13-17(5-10-22(16)33)25(36)32-21-9-8-19(14-20(21)26(28,29)30)31-24(35)15-3-6-18(27)7-4-15/h3-10,13-14H,2,11-12H2,1H3,(H,31,35)(H,32,36). The van der Waals surface area contributed by atoms with E-state index in [2.05, 4.69) is 10.6 Å². The summed E-state index contributed by atoms with van der Waals surface area (Å²) in [4.78, 5) is 38.8. The average Bonchev–Trinajstić information content (AvgIpc) is 3.27. The van der Waals surface area contributed by atoms with Crippen molar-refractivity contribution in [3.05, 3.63) is 88.7 Å². The van der Waals surface area contributed by atoms with Crippen LogP contribution in [0.4, 0.5) is 34.6 Å². The molecule has 0 radical (unpaired) electrons. The minimum Gasteiger partial charge on any atom is -0.322 e. The van der Waals surface area contributed by atoms with Crippen LogP contribution in [-0.2, 0) is 17.4 Å². The van der Waals surface area contributed by atoms with Crippen molar-refractivity contribution >= 4 is 34.8 Å². The highest BCUT2D eigenvalue weighted by atomic mass is 19.4. The van der Waals surface area contributed by atoms with E-state index in [1.807, 2.05) is 0 Å². The molecule has 4 rings (SSSR count). The first kappa shape index (κ1) is 24.9. The molecule has 0 spiro atoms. The number of hydrogen-bond acceptors (Lipinski definition) is 3. The van der Waals surface area contributed by atoms with Gasteiger partial charge < -0.3 is 15.5 Å². The fourth-order valence-corrected chi connectivity index (χ4v) is 3.96. The molecule has 3 aromatic rings. The third-order valence-electron chi connectivity index (χ3n) is 5.78. The molecule has 0 bridgehead atoms. The molecule has 0 aliphatic carbocycles. The molecule has 1 heterocycles. The monoisotopic (exact) mass is 499 g/mol. The Labute approximate surface area is 203 Å². The zero-order valence-corrected chi connectivity index (χ0v) is 19.1. The summed E-state index contributed by atoms with van der Waals surface area (Å²) in [5.41, 5.74) is -0.0912. The lowest BCUT2D eigenvalue weighted by Gasteiger charge is -2.17. The number of halogens is 4. The summed E-state index contributed by atoms with van der Waals surface area (Å²) in [6.45, 7) is 2.23. The average molecular weight is 499 g/mol. The smallest absolute Gasteiger partial charge is 0.322 e. The quantitative estimate of drug-likeness (QED) is 0.446. The summed E-state index contributed by atoms with van der Waals surface area (Å²) >= 11 is 0. The number of anilines is 3. The van der Waals surface area contributed by atoms with E-state index in [0.29, 0.717) is 31.1 Å². The first-order valence-electron chi connectivity index (χ1n) is 11.1. The Hall–Kier alpha value is -4.21. The summed E-state index contributed by atoms with van der Waals surface area (Å²) < 4.78 is 54.4. The topological polar surface area (TPSA) is 78.5 Å². The van der Waals surface area contributed by atoms with Crippen molar-refractivity contribution in [3.8, 4) is 0 Å². The molecule has 36 heavy (non-hydrogen) atoms. The maximum atomic E-state index is 13.8. The van der Waals surface area contributed by atoms with E-state index < -0.39 is 35.1 Å². The highest BCUT2D eigenvalue weighted by Gasteiger charge is 2.35. The van der Waals surface area contributed by atoms with E-state index in [1.165, 1.54) is 24.3 Å². The van der Waals surface area contributed by atoms with E-state index in [-0.39, 0.29) is 22.7 Å². The van der Waals surface area contributed by atoms with E-state index in [0.717, 1.165) is 23.8 Å². The predicted octanol–water partition coefficient (Wildman–Crippen LogP) is 5.65. The predicted molar refractivity (Wildman–Crippen MR) is 127 cm³/mol. The summed E-state index contributed by atoms with van der Waals surface area (Å²) in [6.07, 6.45) is -3.95. The molecule has 10 heteroatoms. The maximum absolute atomic E-state index is 13.8. The summed E-state index contributed by atoms with van der Waals surface area (Å²) in [7, 11) is 0. The van der Waals surface area contributed by atoms with Crippen LogP contribution in [0.3, 0.4) is 0 Å². The van der Waals surface area contributed by atoms with Crippen molar-refractivity contribution < 1.29 is 31.9 Å². The molecule has 186 valence electrons. The highest BCUT2D eigenvalue weighted by molar-refractivity contribution is 6.07. The lowest BCUT2D eigenvalue weighted by Crippen LogP contribution is -2.27. The number of carbonyl (C=O) groups is 3. The molecule has 0 saturated carbocycles. The number of nitrogens with one attached hydrogen (secondary N) is 2. The van der Waals surface area contributed by atoms with Gasteiger partial charge in [-0.1, -0.05) is 6.92 Å². The van der Waals surface area contributed by atoms with Crippen LogP contribution < -0.4 is 15.5 Å². The van der Waals surface area contributed by atoms with Crippen LogP contribution in [0.1, 0.15) is 45.2 Å². The highest BCUT2D eigenvalue weighted by Crippen LogP contribution is 2.37. The van der Waals surface area contributed by atoms with Gasteiger partial charge in [-0.15, -0.1) is 0 Å². The summed E-state index contributed by atoms with van der Waals surface area (Å²) in [6, 6.07) is 12.2. The molecule has 3 amide bonds. The van der Waals surface area contributed by atoms with Crippen molar-refractivity contribution in [2.45, 2.75) is 25.9 Å². The molecular weight excluding hydrogens is 478 g/mol. The maximum Gasteiger partial charge on any atom is 0.418 e. The zero-order valence-electron chi connectivity index (χ0n) is 19.1. The van der Waals surface area contributed by atoms with Crippen LogP contribution in [0.2, 0.25) is 0 Å². The van der Waals surface area contributed by atoms with Gasteiger partial charge in [0.25, 0.3) is 11.8 Å². The van der Waals surface area contributed by atoms with E-state index in [1.54, 1.807) is 24.0 Å². The minimum absolute atomic E-state index is 0.0487. The summed E-state index contributed by atoms with van der Waals surface area (Å²) in [5, 5.41) is 4.64. The molecule has 1 aliphatic heterocycles. The third kappa shape index (κ3) is 5.22. The molecule has 0 fully saturated rings. The number of carbonyl (C=O) groups excluding carboxylic acids is 3. The fraction of sp³-hybridized carbons (Fsp3) is 0.192. The lowest BCUT2D eigenvalue weighted by atomic mass is 10.1. The third-order valence-corrected chi connectivity index (χ3v) is 5.78. The van der Waals surface area contributed by atoms with E-state index in [4.69, 9.17) is 0 Å². The molecule has 0 unspecified atom stereocenters. The van der Waals surface area contributed by atoms with Gasteiger partial charge in [-0.05, 0) is 72.6 Å². The Morgan fingerprint density at radius 1 is 0.889 bits per heavy atom. The molecule has 0 atom stereocenters. The van der Waals surface area contributed by atoms with Crippen LogP contribution in [0.5, 0.6) is 0 Å². The van der Waals surface area contributed by atoms with Crippen LogP contribution in [0.25, 0.3) is 0 Å². The van der Waals surface area contributed by atoms with Gasteiger partial charge in [-0.2, -0.15) is 13.2 Å². The largest absolute Gasteiger partial charge is 0.418 e. The molecule has 0 saturated heterocycles. The van der Waals surface area contributed by atoms with Crippen LogP contribution in [0.15, 0.2) is 60.7 Å². The second kappa shape index (κ2) is 9.80. The second-order valence-corrected chi connectivity index (χ2v) is 8.17. The number of hydrogen-bond donors (Lipinski definition) is 2. The Morgan fingerprint density at radius 3 is 2.22 bits per heavy atom. The molecule has 3 aromatic carbocycles. The number of benzene rings is 3. The van der Waals surface area contributed by atoms with Crippen molar-refractivity contribution in [1.29, 1.82) is 0 Å². The van der Waals surface area contributed by atoms with Gasteiger partial charge in [-0.3, -0.25) is 14.4 Å². The van der Waals surface area contributed by atoms with Gasteiger partial charge >= 0.3 is 6.18 Å². The van der Waals surface area contributed by atoms with Gasteiger partial charge in [0.15, 0.2) is 0 Å². The number of amides is 3. The van der Waals surface area contributed by atoms with Gasteiger partial charge in [0, 0.05) is 35.5 Å². The van der Waals surface area contributed by atoms with E-state index in [9.17, 15) is 31.9 Å². The van der Waals surface area contributed by atoms with Gasteiger partial charge in [-0.25, -0.2) is 4.39 Å². The SMILES string of the molecule is CCC(=O)N1CCc2cc(C(=O)Nc3ccc(NC(=O)c4ccc(F)cc4)cc3C(F)(F)F)ccc21. The van der Waals surface area contributed by atoms with Gasteiger partial charge in [0.2, 0.25) is 5.91 Å². The normalized spacial score (nSPS) is 12.8. The van der Waals surface area contributed by atoms with Crippen molar-refractivity contribution in [3.63, 3.8) is 0 Å². The minimum atomic E-state index is -4.82. The van der Waals surface area contributed by atoms with Gasteiger partial charge in [0.05, 0.1) is 11.3 Å². The molecule has 6 nitrogen and oxygen atoms in total. The zero-order chi connectivity index (χ0) is 26.0. The number of rotatable bonds is 5. The van der Waals surface area contributed by atoms with Crippen molar-refractivity contribution in [1.82, 2.24) is 0 Å². The second-order valence-electron chi connectivity index (χ2n) is 8.17. The van der Waals surface area contributed by atoms with Gasteiger partial charge in [0.1, 0.15) is 5.82 Å². The van der Waals surface area contributed by atoms with E-state index >= 15 is 0 Å². The van der Waals surface area contributed by atoms with Crippen LogP contribution in [-0.4, -0.2) is 24.3 Å².